The van der Waals surface area contributed by atoms with Crippen molar-refractivity contribution in [2.45, 2.75) is 5.79 Å². The highest BCUT2D eigenvalue weighted by molar-refractivity contribution is 9.09. The molecule has 2 nitrogen and oxygen atoms in total. The van der Waals surface area contributed by atoms with Crippen LogP contribution in [0.2, 0.25) is 0 Å². The Morgan fingerprint density at radius 2 is 2.62 bits per heavy atom. The highest BCUT2D eigenvalue weighted by Crippen LogP contribution is 2.14. The molecule has 0 aliphatic carbocycles. The van der Waals surface area contributed by atoms with Crippen LogP contribution in [-0.4, -0.2) is 24.5 Å². The zero-order chi connectivity index (χ0) is 6.04. The topological polar surface area (TPSA) is 21.3 Å². The molecule has 1 atom stereocenters. The zero-order valence-corrected chi connectivity index (χ0v) is 5.87. The molecule has 1 fully saturated rings. The normalized spacial score (nSPS) is 38.2. The van der Waals surface area contributed by atoms with E-state index in [2.05, 4.69) is 21.2 Å². The summed E-state index contributed by atoms with van der Waals surface area (Å²) in [6, 6.07) is 0. The molecule has 1 aliphatic rings. The first-order chi connectivity index (χ1) is 3.77. The molecule has 4 heteroatoms. The van der Waals surface area contributed by atoms with E-state index in [0.717, 1.165) is 0 Å². The molecule has 1 heterocycles. The fourth-order valence-corrected chi connectivity index (χ4v) is 0.890. The molecule has 48 valence electrons. The summed E-state index contributed by atoms with van der Waals surface area (Å²) in [7, 11) is 0. The predicted molar refractivity (Wildman–Crippen MR) is 31.6 cm³/mol. The van der Waals surface area contributed by atoms with Crippen LogP contribution >= 0.6 is 15.9 Å². The van der Waals surface area contributed by atoms with Crippen LogP contribution in [0.3, 0.4) is 0 Å². The molecule has 0 bridgehead atoms. The van der Waals surface area contributed by atoms with E-state index >= 15 is 0 Å². The van der Waals surface area contributed by atoms with Crippen molar-refractivity contribution < 1.29 is 9.13 Å². The lowest BCUT2D eigenvalue weighted by Gasteiger charge is -2.11. The highest BCUT2D eigenvalue weighted by Gasteiger charge is 2.32. The van der Waals surface area contributed by atoms with Gasteiger partial charge < -0.3 is 4.74 Å². The molecule has 0 aromatic rings. The molecule has 0 aromatic carbocycles. The summed E-state index contributed by atoms with van der Waals surface area (Å²) in [4.78, 5) is 0. The summed E-state index contributed by atoms with van der Waals surface area (Å²) in [5.74, 6) is -1.32. The molecule has 0 radical (unpaired) electrons. The summed E-state index contributed by atoms with van der Waals surface area (Å²) in [5.41, 5.74) is 0. The van der Waals surface area contributed by atoms with Crippen molar-refractivity contribution in [1.29, 1.82) is 0 Å². The molecule has 8 heavy (non-hydrogen) atoms. The van der Waals surface area contributed by atoms with Gasteiger partial charge in [0.1, 0.15) is 0 Å². The molecule has 1 aliphatic heterocycles. The van der Waals surface area contributed by atoms with Gasteiger partial charge in [0.05, 0.1) is 18.7 Å². The third-order valence-corrected chi connectivity index (χ3v) is 1.92. The minimum absolute atomic E-state index is 0.151. The van der Waals surface area contributed by atoms with Crippen LogP contribution in [0, 0.1) is 0 Å². The van der Waals surface area contributed by atoms with Gasteiger partial charge in [-0.1, -0.05) is 15.9 Å². The van der Waals surface area contributed by atoms with Crippen molar-refractivity contribution in [1.82, 2.24) is 5.32 Å². The van der Waals surface area contributed by atoms with Crippen LogP contribution in [0.5, 0.6) is 0 Å². The number of hydrogen-bond donors (Lipinski definition) is 1. The van der Waals surface area contributed by atoms with Gasteiger partial charge in [-0.15, -0.1) is 0 Å². The van der Waals surface area contributed by atoms with E-state index in [9.17, 15) is 4.39 Å². The average molecular weight is 184 g/mol. The van der Waals surface area contributed by atoms with Crippen molar-refractivity contribution in [2.75, 3.05) is 18.7 Å². The maximum atomic E-state index is 12.8. The summed E-state index contributed by atoms with van der Waals surface area (Å²) >= 11 is 3.01. The van der Waals surface area contributed by atoms with Crippen molar-refractivity contribution >= 4 is 15.9 Å². The van der Waals surface area contributed by atoms with Gasteiger partial charge in [0.15, 0.2) is 5.79 Å². The van der Waals surface area contributed by atoms with E-state index in [4.69, 9.17) is 4.74 Å². The Balaban J connectivity index is 2.40. The predicted octanol–water partition coefficient (Wildman–Crippen LogP) is 0.624. The van der Waals surface area contributed by atoms with E-state index in [-0.39, 0.29) is 6.61 Å². The van der Waals surface area contributed by atoms with Crippen LogP contribution in [-0.2, 0) is 4.74 Å². The van der Waals surface area contributed by atoms with E-state index in [1.54, 1.807) is 0 Å². The fourth-order valence-electron chi connectivity index (χ4n) is 0.530. The Labute approximate surface area is 55.5 Å². The molecule has 0 saturated carbocycles. The Kier molecular flexibility index (Phi) is 1.84. The summed E-state index contributed by atoms with van der Waals surface area (Å²) in [5, 5.41) is 2.84. The van der Waals surface area contributed by atoms with E-state index < -0.39 is 5.79 Å². The third-order valence-electron chi connectivity index (χ3n) is 1.03. The van der Waals surface area contributed by atoms with Gasteiger partial charge in [0, 0.05) is 0 Å². The quantitative estimate of drug-likeness (QED) is 0.476. The molecule has 1 rings (SSSR count). The van der Waals surface area contributed by atoms with Gasteiger partial charge in [0.2, 0.25) is 0 Å². The van der Waals surface area contributed by atoms with Crippen molar-refractivity contribution in [2.24, 2.45) is 0 Å². The molecule has 1 N–H and O–H groups in total. The lowest BCUT2D eigenvalue weighted by molar-refractivity contribution is 0.126. The minimum atomic E-state index is -1.32. The Hall–Kier alpha value is 0.330. The lowest BCUT2D eigenvalue weighted by Crippen LogP contribution is -2.38. The number of nitrogens with one attached hydrogen (secondary N) is 1. The lowest BCUT2D eigenvalue weighted by atomic mass is 10.3. The molecule has 1 unspecified atom stereocenters. The number of ether oxygens (including phenoxy) is 1. The second kappa shape index (κ2) is 2.29. The second-order valence-corrected chi connectivity index (χ2v) is 2.33. The fraction of sp³-hybridized carbons (Fsp3) is 1.00. The Bertz CT molecular complexity index is 84.1. The van der Waals surface area contributed by atoms with Crippen LogP contribution in [0.15, 0.2) is 0 Å². The van der Waals surface area contributed by atoms with Gasteiger partial charge in [-0.2, -0.15) is 0 Å². The maximum absolute atomic E-state index is 12.8. The van der Waals surface area contributed by atoms with Crippen molar-refractivity contribution in [3.05, 3.63) is 0 Å². The van der Waals surface area contributed by atoms with Crippen LogP contribution in [0.4, 0.5) is 4.39 Å². The second-order valence-electron chi connectivity index (χ2n) is 1.77. The molecule has 0 spiro atoms. The number of halogens is 2. The first kappa shape index (κ1) is 6.45. The molecular formula is C4H7BrFNO. The SMILES string of the molecule is FC1(CBr)COCN1. The first-order valence-electron chi connectivity index (χ1n) is 2.34. The van der Waals surface area contributed by atoms with Gasteiger partial charge in [-0.3, -0.25) is 5.32 Å². The molecule has 0 aromatic heterocycles. The maximum Gasteiger partial charge on any atom is 0.196 e. The van der Waals surface area contributed by atoms with Crippen LogP contribution in [0.1, 0.15) is 0 Å². The standard InChI is InChI=1S/C4H7BrFNO/c5-1-4(6)2-8-3-7-4/h7H,1-3H2. The van der Waals surface area contributed by atoms with E-state index in [0.29, 0.717) is 12.1 Å². The molecule has 1 saturated heterocycles. The first-order valence-corrected chi connectivity index (χ1v) is 3.47. The largest absolute Gasteiger partial charge is 0.361 e. The van der Waals surface area contributed by atoms with Crippen LogP contribution in [0.25, 0.3) is 0 Å². The zero-order valence-electron chi connectivity index (χ0n) is 4.29. The molecule has 0 amide bonds. The monoisotopic (exact) mass is 183 g/mol. The smallest absolute Gasteiger partial charge is 0.196 e. The van der Waals surface area contributed by atoms with Gasteiger partial charge in [-0.05, 0) is 0 Å². The summed E-state index contributed by atoms with van der Waals surface area (Å²) in [6.07, 6.45) is 0. The van der Waals surface area contributed by atoms with Gasteiger partial charge in [-0.25, -0.2) is 4.39 Å². The number of alkyl halides is 2. The minimum Gasteiger partial charge on any atom is -0.361 e. The van der Waals surface area contributed by atoms with E-state index in [1.165, 1.54) is 0 Å². The van der Waals surface area contributed by atoms with E-state index in [1.807, 2.05) is 0 Å². The van der Waals surface area contributed by atoms with Gasteiger partial charge >= 0.3 is 0 Å². The van der Waals surface area contributed by atoms with Crippen molar-refractivity contribution in [3.63, 3.8) is 0 Å². The number of hydrogen-bond acceptors (Lipinski definition) is 2. The average Bonchev–Trinajstić information content (AvgIpc) is 2.17. The Morgan fingerprint density at radius 3 is 2.88 bits per heavy atom. The third kappa shape index (κ3) is 1.18. The molecular weight excluding hydrogens is 177 g/mol. The summed E-state index contributed by atoms with van der Waals surface area (Å²) < 4.78 is 17.5. The highest BCUT2D eigenvalue weighted by atomic mass is 79.9. The number of rotatable bonds is 1. The summed E-state index contributed by atoms with van der Waals surface area (Å²) in [6.45, 7) is 0.473. The Morgan fingerprint density at radius 1 is 1.88 bits per heavy atom. The van der Waals surface area contributed by atoms with Crippen molar-refractivity contribution in [3.8, 4) is 0 Å². The van der Waals surface area contributed by atoms with Gasteiger partial charge in [0.25, 0.3) is 0 Å². The van der Waals surface area contributed by atoms with Crippen LogP contribution < -0.4 is 5.32 Å².